The first kappa shape index (κ1) is 18.1. The average Bonchev–Trinajstić information content (AvgIpc) is 2.69. The van der Waals surface area contributed by atoms with Gasteiger partial charge in [-0.15, -0.1) is 0 Å². The highest BCUT2D eigenvalue weighted by Crippen LogP contribution is 2.18. The van der Waals surface area contributed by atoms with E-state index < -0.39 is 29.9 Å². The molecule has 1 fully saturated rings. The van der Waals surface area contributed by atoms with Crippen LogP contribution in [0.1, 0.15) is 11.6 Å². The van der Waals surface area contributed by atoms with Crippen LogP contribution in [0.25, 0.3) is 0 Å². The van der Waals surface area contributed by atoms with E-state index in [0.29, 0.717) is 11.3 Å². The maximum atomic E-state index is 12.4. The summed E-state index contributed by atoms with van der Waals surface area (Å²) in [6.07, 6.45) is 0. The number of nitrogens with zero attached hydrogens (tertiary/aromatic N) is 2. The van der Waals surface area contributed by atoms with Crippen LogP contribution in [-0.2, 0) is 14.4 Å². The van der Waals surface area contributed by atoms with Crippen LogP contribution in [0.5, 0.6) is 0 Å². The van der Waals surface area contributed by atoms with Gasteiger partial charge in [-0.05, 0) is 17.7 Å². The second-order valence-corrected chi connectivity index (χ2v) is 5.88. The quantitative estimate of drug-likeness (QED) is 0.795. The molecule has 4 amide bonds. The predicted octanol–water partition coefficient (Wildman–Crippen LogP) is 1.40. The minimum atomic E-state index is -1.33. The summed E-state index contributed by atoms with van der Waals surface area (Å²) in [6, 6.07) is 14.5. The molecule has 0 aliphatic carbocycles. The van der Waals surface area contributed by atoms with Crippen LogP contribution < -0.4 is 10.2 Å². The topological polar surface area (TPSA) is 107 Å². The van der Waals surface area contributed by atoms with Crippen molar-refractivity contribution in [3.05, 3.63) is 66.2 Å². The van der Waals surface area contributed by atoms with E-state index in [1.807, 2.05) is 0 Å². The highest BCUT2D eigenvalue weighted by atomic mass is 16.4. The Kier molecular flexibility index (Phi) is 5.16. The first-order valence-corrected chi connectivity index (χ1v) is 8.25. The fraction of sp³-hybridized carbons (Fsp3) is 0.158. The Morgan fingerprint density at radius 3 is 2.07 bits per heavy atom. The third-order valence-electron chi connectivity index (χ3n) is 4.18. The molecule has 2 N–H and O–H groups in total. The van der Waals surface area contributed by atoms with E-state index in [2.05, 4.69) is 5.32 Å². The van der Waals surface area contributed by atoms with E-state index in [0.717, 1.165) is 4.90 Å². The molecular formula is C19H17N3O5. The molecule has 27 heavy (non-hydrogen) atoms. The van der Waals surface area contributed by atoms with Crippen molar-refractivity contribution < 1.29 is 24.3 Å². The number of carboxylic acids is 1. The number of nitrogens with one attached hydrogen (secondary N) is 1. The van der Waals surface area contributed by atoms with Gasteiger partial charge in [0, 0.05) is 18.8 Å². The standard InChI is InChI=1S/C19H17N3O5/c23-16-17(24)22(12-11-21(16)14-9-5-2-6-10-14)19(27)20-15(18(25)26)13-7-3-1-4-8-13/h1-10,15H,11-12H2,(H,20,27)(H,25,26). The highest BCUT2D eigenvalue weighted by Gasteiger charge is 2.38. The number of piperazine rings is 1. The SMILES string of the molecule is O=C(O)C(NC(=O)N1CCN(c2ccccc2)C(=O)C1=O)c1ccccc1. The lowest BCUT2D eigenvalue weighted by Gasteiger charge is -2.33. The first-order chi connectivity index (χ1) is 13.0. The lowest BCUT2D eigenvalue weighted by Crippen LogP contribution is -2.59. The zero-order valence-corrected chi connectivity index (χ0v) is 14.2. The van der Waals surface area contributed by atoms with E-state index in [-0.39, 0.29) is 13.1 Å². The fourth-order valence-electron chi connectivity index (χ4n) is 2.82. The molecule has 1 aliphatic heterocycles. The normalized spacial score (nSPS) is 15.4. The summed E-state index contributed by atoms with van der Waals surface area (Å²) in [5.41, 5.74) is 0.920. The second-order valence-electron chi connectivity index (χ2n) is 5.88. The molecule has 1 unspecified atom stereocenters. The highest BCUT2D eigenvalue weighted by molar-refractivity contribution is 6.43. The van der Waals surface area contributed by atoms with Crippen molar-refractivity contribution in [2.24, 2.45) is 0 Å². The predicted molar refractivity (Wildman–Crippen MR) is 95.9 cm³/mol. The Hall–Kier alpha value is -3.68. The van der Waals surface area contributed by atoms with Crippen LogP contribution >= 0.6 is 0 Å². The number of imide groups is 1. The zero-order chi connectivity index (χ0) is 19.4. The van der Waals surface area contributed by atoms with E-state index >= 15 is 0 Å². The maximum Gasteiger partial charge on any atom is 0.330 e. The van der Waals surface area contributed by atoms with Gasteiger partial charge in [0.15, 0.2) is 6.04 Å². The van der Waals surface area contributed by atoms with Gasteiger partial charge in [0.05, 0.1) is 0 Å². The molecule has 1 saturated heterocycles. The van der Waals surface area contributed by atoms with Crippen molar-refractivity contribution in [2.75, 3.05) is 18.0 Å². The number of anilines is 1. The second kappa shape index (κ2) is 7.69. The molecule has 0 saturated carbocycles. The molecule has 1 heterocycles. The van der Waals surface area contributed by atoms with Crippen LogP contribution in [-0.4, -0.2) is 46.9 Å². The van der Waals surface area contributed by atoms with Gasteiger partial charge in [0.1, 0.15) is 0 Å². The summed E-state index contributed by atoms with van der Waals surface area (Å²) < 4.78 is 0. The maximum absolute atomic E-state index is 12.4. The average molecular weight is 367 g/mol. The first-order valence-electron chi connectivity index (χ1n) is 8.25. The molecule has 138 valence electrons. The summed E-state index contributed by atoms with van der Waals surface area (Å²) in [5, 5.41) is 11.7. The van der Waals surface area contributed by atoms with E-state index in [4.69, 9.17) is 0 Å². The Bertz CT molecular complexity index is 869. The van der Waals surface area contributed by atoms with Crippen LogP contribution in [0.2, 0.25) is 0 Å². The largest absolute Gasteiger partial charge is 0.479 e. The molecule has 8 nitrogen and oxygen atoms in total. The molecule has 0 bridgehead atoms. The number of rotatable bonds is 4. The van der Waals surface area contributed by atoms with Crippen LogP contribution in [0.3, 0.4) is 0 Å². The summed E-state index contributed by atoms with van der Waals surface area (Å²) in [7, 11) is 0. The number of amides is 4. The molecular weight excluding hydrogens is 350 g/mol. The van der Waals surface area contributed by atoms with Gasteiger partial charge < -0.3 is 15.3 Å². The van der Waals surface area contributed by atoms with Crippen molar-refractivity contribution in [1.29, 1.82) is 0 Å². The number of carbonyl (C=O) groups excluding carboxylic acids is 3. The Balaban J connectivity index is 1.73. The van der Waals surface area contributed by atoms with Gasteiger partial charge in [-0.3, -0.25) is 14.5 Å². The van der Waals surface area contributed by atoms with Gasteiger partial charge in [-0.1, -0.05) is 48.5 Å². The molecule has 2 aromatic carbocycles. The van der Waals surface area contributed by atoms with Crippen molar-refractivity contribution in [1.82, 2.24) is 10.2 Å². The summed E-state index contributed by atoms with van der Waals surface area (Å²) in [6.45, 7) is 0.0948. The molecule has 0 spiro atoms. The minimum absolute atomic E-state index is 0.0353. The number of hydrogen-bond donors (Lipinski definition) is 2. The number of aliphatic carboxylic acids is 1. The lowest BCUT2D eigenvalue weighted by atomic mass is 10.1. The van der Waals surface area contributed by atoms with Gasteiger partial charge in [0.2, 0.25) is 0 Å². The van der Waals surface area contributed by atoms with E-state index in [1.54, 1.807) is 60.7 Å². The summed E-state index contributed by atoms with van der Waals surface area (Å²) >= 11 is 0. The Morgan fingerprint density at radius 2 is 1.48 bits per heavy atom. The van der Waals surface area contributed by atoms with Crippen molar-refractivity contribution >= 4 is 29.5 Å². The van der Waals surface area contributed by atoms with Gasteiger partial charge >= 0.3 is 23.8 Å². The number of carbonyl (C=O) groups is 4. The van der Waals surface area contributed by atoms with Crippen molar-refractivity contribution in [3.63, 3.8) is 0 Å². The van der Waals surface area contributed by atoms with E-state index in [1.165, 1.54) is 4.90 Å². The monoisotopic (exact) mass is 367 g/mol. The minimum Gasteiger partial charge on any atom is -0.479 e. The lowest BCUT2D eigenvalue weighted by molar-refractivity contribution is -0.144. The Morgan fingerprint density at radius 1 is 0.889 bits per heavy atom. The number of para-hydroxylation sites is 1. The van der Waals surface area contributed by atoms with Crippen molar-refractivity contribution in [3.8, 4) is 0 Å². The third kappa shape index (κ3) is 3.79. The molecule has 0 radical (unpaired) electrons. The molecule has 8 heteroatoms. The Labute approximate surface area is 155 Å². The summed E-state index contributed by atoms with van der Waals surface area (Å²) in [4.78, 5) is 50.7. The van der Waals surface area contributed by atoms with Crippen molar-refractivity contribution in [2.45, 2.75) is 6.04 Å². The molecule has 0 aromatic heterocycles. The molecule has 2 aromatic rings. The van der Waals surface area contributed by atoms with E-state index in [9.17, 15) is 24.3 Å². The van der Waals surface area contributed by atoms with Crippen LogP contribution in [0.4, 0.5) is 10.5 Å². The summed E-state index contributed by atoms with van der Waals surface area (Å²) in [5.74, 6) is -3.11. The molecule has 1 atom stereocenters. The van der Waals surface area contributed by atoms with Gasteiger partial charge in [-0.2, -0.15) is 0 Å². The number of hydrogen-bond acceptors (Lipinski definition) is 4. The van der Waals surface area contributed by atoms with Gasteiger partial charge in [0.25, 0.3) is 0 Å². The fourth-order valence-corrected chi connectivity index (χ4v) is 2.82. The van der Waals surface area contributed by atoms with Gasteiger partial charge in [-0.25, -0.2) is 9.59 Å². The zero-order valence-electron chi connectivity index (χ0n) is 14.2. The third-order valence-corrected chi connectivity index (χ3v) is 4.18. The number of benzene rings is 2. The molecule has 1 aliphatic rings. The number of carboxylic acid groups (broad SMARTS) is 1. The molecule has 3 rings (SSSR count). The van der Waals surface area contributed by atoms with Crippen LogP contribution in [0, 0.1) is 0 Å². The van der Waals surface area contributed by atoms with Crippen LogP contribution in [0.15, 0.2) is 60.7 Å². The number of urea groups is 1. The smallest absolute Gasteiger partial charge is 0.330 e.